The van der Waals surface area contributed by atoms with Crippen LogP contribution in [0.3, 0.4) is 0 Å². The van der Waals surface area contributed by atoms with E-state index < -0.39 is 5.82 Å². The molecule has 0 saturated heterocycles. The van der Waals surface area contributed by atoms with Gasteiger partial charge in [0.2, 0.25) is 0 Å². The Labute approximate surface area is 107 Å². The zero-order valence-corrected chi connectivity index (χ0v) is 10.4. The fraction of sp³-hybridized carbons (Fsp3) is 0.182. The van der Waals surface area contributed by atoms with Crippen molar-refractivity contribution in [3.05, 3.63) is 45.4 Å². The minimum atomic E-state index is -0.522. The highest BCUT2D eigenvalue weighted by Crippen LogP contribution is 2.29. The van der Waals surface area contributed by atoms with E-state index in [1.807, 2.05) is 0 Å². The van der Waals surface area contributed by atoms with Crippen molar-refractivity contribution >= 4 is 23.2 Å². The maximum Gasteiger partial charge on any atom is 0.150 e. The second-order valence-electron chi connectivity index (χ2n) is 3.49. The summed E-state index contributed by atoms with van der Waals surface area (Å²) in [5.74, 6) is -0.522. The standard InChI is InChI=1S/C11H9Cl2FN2O/c1-6-7(5-17)11(13)16(15-6)10-8(12)3-2-4-9(10)14/h2-4,17H,5H2,1H3. The number of benzene rings is 1. The van der Waals surface area contributed by atoms with Crippen LogP contribution in [0.15, 0.2) is 18.2 Å². The molecular weight excluding hydrogens is 266 g/mol. The van der Waals surface area contributed by atoms with Gasteiger partial charge in [0.1, 0.15) is 16.7 Å². The lowest BCUT2D eigenvalue weighted by molar-refractivity contribution is 0.281. The Hall–Kier alpha value is -1.10. The molecule has 0 amide bonds. The Bertz CT molecular complexity index is 549. The minimum absolute atomic E-state index is 0.0852. The number of aliphatic hydroxyl groups is 1. The van der Waals surface area contributed by atoms with Crippen LogP contribution in [0, 0.1) is 12.7 Å². The molecule has 0 radical (unpaired) electrons. The summed E-state index contributed by atoms with van der Waals surface area (Å²) in [6, 6.07) is 4.32. The van der Waals surface area contributed by atoms with E-state index in [-0.39, 0.29) is 22.5 Å². The first kappa shape index (κ1) is 12.4. The van der Waals surface area contributed by atoms with Crippen molar-refractivity contribution in [1.29, 1.82) is 0 Å². The average Bonchev–Trinajstić information content (AvgIpc) is 2.54. The number of halogens is 3. The van der Waals surface area contributed by atoms with Gasteiger partial charge < -0.3 is 5.11 Å². The molecule has 0 spiro atoms. The number of hydrogen-bond acceptors (Lipinski definition) is 2. The lowest BCUT2D eigenvalue weighted by Crippen LogP contribution is -2.01. The monoisotopic (exact) mass is 274 g/mol. The van der Waals surface area contributed by atoms with E-state index in [1.165, 1.54) is 16.8 Å². The van der Waals surface area contributed by atoms with Gasteiger partial charge in [0.05, 0.1) is 17.3 Å². The fourth-order valence-electron chi connectivity index (χ4n) is 1.55. The van der Waals surface area contributed by atoms with Crippen LogP contribution in [0.5, 0.6) is 0 Å². The van der Waals surface area contributed by atoms with Crippen molar-refractivity contribution in [2.45, 2.75) is 13.5 Å². The van der Waals surface area contributed by atoms with Gasteiger partial charge >= 0.3 is 0 Å². The first-order valence-corrected chi connectivity index (χ1v) is 5.61. The van der Waals surface area contributed by atoms with Crippen molar-refractivity contribution < 1.29 is 9.50 Å². The van der Waals surface area contributed by atoms with E-state index in [0.29, 0.717) is 11.3 Å². The molecular formula is C11H9Cl2FN2O. The normalized spacial score (nSPS) is 10.9. The third kappa shape index (κ3) is 2.04. The lowest BCUT2D eigenvalue weighted by Gasteiger charge is -2.06. The second-order valence-corrected chi connectivity index (χ2v) is 4.26. The summed E-state index contributed by atoms with van der Waals surface area (Å²) in [6.45, 7) is 1.43. The molecule has 90 valence electrons. The summed E-state index contributed by atoms with van der Waals surface area (Å²) in [6.07, 6.45) is 0. The van der Waals surface area contributed by atoms with Gasteiger partial charge in [0.25, 0.3) is 0 Å². The van der Waals surface area contributed by atoms with Gasteiger partial charge in [-0.15, -0.1) is 0 Å². The van der Waals surface area contributed by atoms with Crippen molar-refractivity contribution in [2.24, 2.45) is 0 Å². The maximum atomic E-state index is 13.7. The number of para-hydroxylation sites is 1. The molecule has 0 saturated carbocycles. The first-order valence-electron chi connectivity index (χ1n) is 4.85. The molecule has 3 nitrogen and oxygen atoms in total. The second kappa shape index (κ2) is 4.64. The van der Waals surface area contributed by atoms with E-state index in [2.05, 4.69) is 5.10 Å². The number of aliphatic hydroxyl groups excluding tert-OH is 1. The molecule has 1 aromatic carbocycles. The van der Waals surface area contributed by atoms with E-state index >= 15 is 0 Å². The fourth-order valence-corrected chi connectivity index (χ4v) is 2.11. The topological polar surface area (TPSA) is 38.0 Å². The molecule has 2 rings (SSSR count). The third-order valence-corrected chi connectivity index (χ3v) is 3.12. The molecule has 6 heteroatoms. The molecule has 0 fully saturated rings. The van der Waals surface area contributed by atoms with Crippen LogP contribution in [-0.4, -0.2) is 14.9 Å². The van der Waals surface area contributed by atoms with E-state index in [0.717, 1.165) is 0 Å². The number of rotatable bonds is 2. The molecule has 2 aromatic rings. The summed E-state index contributed by atoms with van der Waals surface area (Å²) >= 11 is 11.9. The van der Waals surface area contributed by atoms with Crippen LogP contribution in [0.2, 0.25) is 10.2 Å². The minimum Gasteiger partial charge on any atom is -0.391 e. The Kier molecular flexibility index (Phi) is 3.38. The van der Waals surface area contributed by atoms with Crippen molar-refractivity contribution in [1.82, 2.24) is 9.78 Å². The quantitative estimate of drug-likeness (QED) is 0.914. The van der Waals surface area contributed by atoms with Crippen molar-refractivity contribution in [3.8, 4) is 5.69 Å². The molecule has 0 atom stereocenters. The average molecular weight is 275 g/mol. The van der Waals surface area contributed by atoms with Crippen LogP contribution in [0.1, 0.15) is 11.3 Å². The van der Waals surface area contributed by atoms with E-state index in [4.69, 9.17) is 28.3 Å². The van der Waals surface area contributed by atoms with Crippen LogP contribution in [0.4, 0.5) is 4.39 Å². The van der Waals surface area contributed by atoms with Gasteiger partial charge in [-0.2, -0.15) is 5.10 Å². The molecule has 1 heterocycles. The summed E-state index contributed by atoms with van der Waals surface area (Å²) in [7, 11) is 0. The maximum absolute atomic E-state index is 13.7. The number of hydrogen-bond donors (Lipinski definition) is 1. The molecule has 0 unspecified atom stereocenters. The Morgan fingerprint density at radius 3 is 2.65 bits per heavy atom. The molecule has 0 aliphatic heterocycles. The van der Waals surface area contributed by atoms with Gasteiger partial charge in [0.15, 0.2) is 0 Å². The number of aryl methyl sites for hydroxylation is 1. The van der Waals surface area contributed by atoms with Crippen LogP contribution in [0.25, 0.3) is 5.69 Å². The van der Waals surface area contributed by atoms with Crippen molar-refractivity contribution in [3.63, 3.8) is 0 Å². The zero-order valence-electron chi connectivity index (χ0n) is 8.91. The summed E-state index contributed by atoms with van der Waals surface area (Å²) < 4.78 is 14.9. The van der Waals surface area contributed by atoms with Gasteiger partial charge in [-0.25, -0.2) is 9.07 Å². The van der Waals surface area contributed by atoms with E-state index in [1.54, 1.807) is 13.0 Å². The lowest BCUT2D eigenvalue weighted by atomic mass is 10.3. The van der Waals surface area contributed by atoms with Crippen LogP contribution < -0.4 is 0 Å². The van der Waals surface area contributed by atoms with E-state index in [9.17, 15) is 4.39 Å². The van der Waals surface area contributed by atoms with Gasteiger partial charge in [-0.1, -0.05) is 29.3 Å². The highest BCUT2D eigenvalue weighted by atomic mass is 35.5. The number of nitrogens with zero attached hydrogens (tertiary/aromatic N) is 2. The van der Waals surface area contributed by atoms with Gasteiger partial charge in [0, 0.05) is 5.56 Å². The predicted molar refractivity (Wildman–Crippen MR) is 64.2 cm³/mol. The molecule has 1 N–H and O–H groups in total. The zero-order chi connectivity index (χ0) is 12.6. The predicted octanol–water partition coefficient (Wildman–Crippen LogP) is 3.12. The Balaban J connectivity index is 2.69. The van der Waals surface area contributed by atoms with Gasteiger partial charge in [-0.05, 0) is 19.1 Å². The molecule has 0 aliphatic rings. The first-order chi connectivity index (χ1) is 8.06. The van der Waals surface area contributed by atoms with Crippen LogP contribution in [-0.2, 0) is 6.61 Å². The SMILES string of the molecule is Cc1nn(-c2c(F)cccc2Cl)c(Cl)c1CO. The van der Waals surface area contributed by atoms with Gasteiger partial charge in [-0.3, -0.25) is 0 Å². The highest BCUT2D eigenvalue weighted by molar-refractivity contribution is 6.33. The van der Waals surface area contributed by atoms with Crippen LogP contribution >= 0.6 is 23.2 Å². The Morgan fingerprint density at radius 2 is 2.12 bits per heavy atom. The summed E-state index contributed by atoms with van der Waals surface area (Å²) in [5.41, 5.74) is 1.09. The summed E-state index contributed by atoms with van der Waals surface area (Å²) in [5, 5.41) is 13.6. The molecule has 0 bridgehead atoms. The molecule has 17 heavy (non-hydrogen) atoms. The van der Waals surface area contributed by atoms with Crippen molar-refractivity contribution in [2.75, 3.05) is 0 Å². The number of aromatic nitrogens is 2. The highest BCUT2D eigenvalue weighted by Gasteiger charge is 2.18. The summed E-state index contributed by atoms with van der Waals surface area (Å²) in [4.78, 5) is 0. The smallest absolute Gasteiger partial charge is 0.150 e. The molecule has 1 aromatic heterocycles. The largest absolute Gasteiger partial charge is 0.391 e. The third-order valence-electron chi connectivity index (χ3n) is 2.43. The Morgan fingerprint density at radius 1 is 1.41 bits per heavy atom. The molecule has 0 aliphatic carbocycles.